The van der Waals surface area contributed by atoms with Crippen LogP contribution < -0.4 is 0 Å². The van der Waals surface area contributed by atoms with Crippen molar-refractivity contribution in [2.24, 2.45) is 0 Å². The molecule has 0 aliphatic carbocycles. The van der Waals surface area contributed by atoms with Crippen LogP contribution >= 0.6 is 0 Å². The van der Waals surface area contributed by atoms with E-state index < -0.39 is 49.3 Å². The molecule has 120 valence electrons. The molecule has 0 aromatic carbocycles. The first-order chi connectivity index (χ1) is 8.41. The van der Waals surface area contributed by atoms with Crippen molar-refractivity contribution < 1.29 is 51.2 Å². The van der Waals surface area contributed by atoms with Crippen LogP contribution in [0.3, 0.4) is 0 Å². The molecule has 0 radical (unpaired) electrons. The van der Waals surface area contributed by atoms with Crippen LogP contribution in [-0.4, -0.2) is 42.8 Å². The fourth-order valence-electron chi connectivity index (χ4n) is 0.698. The second kappa shape index (κ2) is 4.00. The van der Waals surface area contributed by atoms with Crippen molar-refractivity contribution in [1.82, 2.24) is 0 Å². The van der Waals surface area contributed by atoms with Crippen LogP contribution in [0.25, 0.3) is 8.25 Å². The molecular formula is C2F4N2O8S4-2. The first-order valence-corrected chi connectivity index (χ1v) is 9.40. The summed E-state index contributed by atoms with van der Waals surface area (Å²) in [7, 11) is -27.5. The molecule has 0 atom stereocenters. The van der Waals surface area contributed by atoms with Gasteiger partial charge in [0.2, 0.25) is 0 Å². The van der Waals surface area contributed by atoms with Crippen molar-refractivity contribution >= 4 is 40.1 Å². The lowest BCUT2D eigenvalue weighted by molar-refractivity contribution is 0.177. The Kier molecular flexibility index (Phi) is 3.50. The van der Waals surface area contributed by atoms with Gasteiger partial charge in [0.15, 0.2) is 40.1 Å². The Bertz CT molecular complexity index is 707. The van der Waals surface area contributed by atoms with E-state index in [0.29, 0.717) is 0 Å². The van der Waals surface area contributed by atoms with Gasteiger partial charge in [-0.3, -0.25) is 0 Å². The number of sulfonamides is 4. The molecule has 10 nitrogen and oxygen atoms in total. The summed E-state index contributed by atoms with van der Waals surface area (Å²) in [6, 6.07) is 0. The number of hydrogen-bond donors (Lipinski definition) is 0. The minimum atomic E-state index is -6.88. The fraction of sp³-hybridized carbons (Fsp3) is 1.00. The maximum Gasteiger partial charge on any atom is 0.413 e. The highest BCUT2D eigenvalue weighted by Gasteiger charge is 2.59. The summed E-state index contributed by atoms with van der Waals surface area (Å²) < 4.78 is 128. The molecule has 1 fully saturated rings. The van der Waals surface area contributed by atoms with Gasteiger partial charge in [-0.1, -0.05) is 0 Å². The predicted molar refractivity (Wildman–Crippen MR) is 52.3 cm³/mol. The topological polar surface area (TPSA) is 165 Å². The molecule has 18 heteroatoms. The molecule has 1 aliphatic rings. The summed E-state index contributed by atoms with van der Waals surface area (Å²) >= 11 is 0. The van der Waals surface area contributed by atoms with Crippen LogP contribution in [-0.2, 0) is 40.1 Å². The monoisotopic (exact) mass is 384 g/mol. The van der Waals surface area contributed by atoms with E-state index in [4.69, 9.17) is 0 Å². The zero-order valence-corrected chi connectivity index (χ0v) is 11.6. The lowest BCUT2D eigenvalue weighted by Crippen LogP contribution is -2.47. The first kappa shape index (κ1) is 17.5. The molecule has 0 N–H and O–H groups in total. The summed E-state index contributed by atoms with van der Waals surface area (Å²) in [6.45, 7) is 0. The molecular weight excluding hydrogens is 384 g/mol. The zero-order chi connectivity index (χ0) is 16.4. The molecule has 1 saturated heterocycles. The Morgan fingerprint density at radius 3 is 0.800 bits per heavy atom. The first-order valence-electron chi connectivity index (χ1n) is 3.64. The molecule has 0 unspecified atom stereocenters. The number of rotatable bonds is 0. The molecule has 0 saturated carbocycles. The molecule has 1 rings (SSSR count). The van der Waals surface area contributed by atoms with E-state index in [1.165, 1.54) is 0 Å². The number of hydrogen-bond acceptors (Lipinski definition) is 8. The average Bonchev–Trinajstić information content (AvgIpc) is 2.11. The van der Waals surface area contributed by atoms with E-state index in [2.05, 4.69) is 0 Å². The van der Waals surface area contributed by atoms with Gasteiger partial charge in [0.1, 0.15) is 0 Å². The number of halogens is 4. The minimum absolute atomic E-state index is 1.02. The van der Waals surface area contributed by atoms with E-state index in [9.17, 15) is 51.2 Å². The SMILES string of the molecule is O=S1(=O)[N-]S(=O)(=O)C(F)(F)S(=O)(=O)[N-]S(=O)(=O)C1(F)F. The van der Waals surface area contributed by atoms with Crippen LogP contribution in [0.1, 0.15) is 0 Å². The molecule has 0 spiro atoms. The molecule has 0 bridgehead atoms. The van der Waals surface area contributed by atoms with Crippen molar-refractivity contribution in [3.05, 3.63) is 8.25 Å². The van der Waals surface area contributed by atoms with E-state index in [1.807, 2.05) is 0 Å². The smallest absolute Gasteiger partial charge is 0.413 e. The van der Waals surface area contributed by atoms with Crippen molar-refractivity contribution in [3.63, 3.8) is 0 Å². The molecule has 0 aromatic heterocycles. The second-order valence-corrected chi connectivity index (χ2v) is 10.5. The third-order valence-corrected chi connectivity index (χ3v) is 9.66. The Hall–Kier alpha value is -0.560. The normalized spacial score (nSPS) is 32.6. The second-order valence-electron chi connectivity index (χ2n) is 2.98. The lowest BCUT2D eigenvalue weighted by atomic mass is 11.6. The van der Waals surface area contributed by atoms with Crippen LogP contribution in [0.2, 0.25) is 0 Å². The summed E-state index contributed by atoms with van der Waals surface area (Å²) in [5.74, 6) is 0. The van der Waals surface area contributed by atoms with Gasteiger partial charge in [0, 0.05) is 0 Å². The molecule has 20 heavy (non-hydrogen) atoms. The van der Waals surface area contributed by atoms with Crippen LogP contribution in [0, 0.1) is 0 Å². The van der Waals surface area contributed by atoms with Crippen molar-refractivity contribution in [2.75, 3.05) is 0 Å². The van der Waals surface area contributed by atoms with E-state index in [-0.39, 0.29) is 0 Å². The van der Waals surface area contributed by atoms with Gasteiger partial charge in [-0.05, 0) is 0 Å². The average molecular weight is 384 g/mol. The summed E-state index contributed by atoms with van der Waals surface area (Å²) in [5, 5.41) is 0. The molecule has 0 aromatic rings. The summed E-state index contributed by atoms with van der Waals surface area (Å²) in [6.07, 6.45) is 0. The largest absolute Gasteiger partial charge is 0.424 e. The third-order valence-electron chi connectivity index (χ3n) is 1.59. The van der Waals surface area contributed by atoms with Crippen molar-refractivity contribution in [3.8, 4) is 0 Å². The van der Waals surface area contributed by atoms with Gasteiger partial charge in [-0.25, -0.2) is 33.7 Å². The highest BCUT2D eigenvalue weighted by Crippen LogP contribution is 2.47. The van der Waals surface area contributed by atoms with Gasteiger partial charge < -0.3 is 8.25 Å². The Balaban J connectivity index is 3.91. The van der Waals surface area contributed by atoms with Gasteiger partial charge in [0.25, 0.3) is 0 Å². The maximum atomic E-state index is 13.0. The third kappa shape index (κ3) is 2.09. The maximum absolute atomic E-state index is 13.0. The standard InChI is InChI=1S/C2F4N2O8S4/c3-1(4)17(9,10)7-19(13,14)2(5,6)20(15,16)8-18(1,11)12/q-2. The summed E-state index contributed by atoms with van der Waals surface area (Å²) in [5.41, 5.74) is 0. The molecule has 0 amide bonds. The van der Waals surface area contributed by atoms with Crippen LogP contribution in [0.4, 0.5) is 17.6 Å². The highest BCUT2D eigenvalue weighted by molar-refractivity contribution is 8.29. The van der Waals surface area contributed by atoms with Crippen molar-refractivity contribution in [2.45, 2.75) is 9.17 Å². The zero-order valence-electron chi connectivity index (χ0n) is 8.31. The summed E-state index contributed by atoms with van der Waals surface area (Å²) in [4.78, 5) is 0. The van der Waals surface area contributed by atoms with Gasteiger partial charge in [-0.2, -0.15) is 17.6 Å². The van der Waals surface area contributed by atoms with E-state index >= 15 is 0 Å². The van der Waals surface area contributed by atoms with Crippen molar-refractivity contribution in [1.29, 1.82) is 0 Å². The van der Waals surface area contributed by atoms with E-state index in [1.54, 1.807) is 0 Å². The quantitative estimate of drug-likeness (QED) is 0.488. The Morgan fingerprint density at radius 1 is 0.500 bits per heavy atom. The minimum Gasteiger partial charge on any atom is -0.424 e. The number of alkyl halides is 4. The number of nitrogens with zero attached hydrogens (tertiary/aromatic N) is 2. The van der Waals surface area contributed by atoms with Crippen LogP contribution in [0.15, 0.2) is 0 Å². The molecule has 1 heterocycles. The Labute approximate surface area is 109 Å². The Morgan fingerprint density at radius 2 is 0.650 bits per heavy atom. The molecule has 1 aliphatic heterocycles. The van der Waals surface area contributed by atoms with Crippen LogP contribution in [0.5, 0.6) is 0 Å². The van der Waals surface area contributed by atoms with Gasteiger partial charge in [-0.15, -0.1) is 0 Å². The predicted octanol–water partition coefficient (Wildman–Crippen LogP) is -0.833. The van der Waals surface area contributed by atoms with Gasteiger partial charge >= 0.3 is 9.17 Å². The lowest BCUT2D eigenvalue weighted by Gasteiger charge is -2.38. The van der Waals surface area contributed by atoms with Gasteiger partial charge in [0.05, 0.1) is 0 Å². The fourth-order valence-corrected chi connectivity index (χ4v) is 7.38. The highest BCUT2D eigenvalue weighted by atomic mass is 32.3. The van der Waals surface area contributed by atoms with E-state index in [0.717, 1.165) is 8.25 Å².